The summed E-state index contributed by atoms with van der Waals surface area (Å²) in [5, 5.41) is 11.4. The van der Waals surface area contributed by atoms with Gasteiger partial charge in [-0.3, -0.25) is 14.5 Å². The van der Waals surface area contributed by atoms with Gasteiger partial charge in [0.15, 0.2) is 5.76 Å². The van der Waals surface area contributed by atoms with Gasteiger partial charge in [0.2, 0.25) is 5.78 Å². The number of aromatic nitrogens is 1. The van der Waals surface area contributed by atoms with Crippen LogP contribution >= 0.6 is 11.3 Å². The van der Waals surface area contributed by atoms with Gasteiger partial charge in [-0.15, -0.1) is 11.3 Å². The molecule has 3 heterocycles. The van der Waals surface area contributed by atoms with Crippen LogP contribution in [0.2, 0.25) is 0 Å². The minimum Gasteiger partial charge on any atom is -0.503 e. The molecule has 3 aromatic rings. The molecule has 4 rings (SSSR count). The summed E-state index contributed by atoms with van der Waals surface area (Å²) in [6.07, 6.45) is 1.48. The normalized spacial score (nSPS) is 16.9. The number of carbonyl (C=O) groups is 2. The molecule has 1 atom stereocenters. The van der Waals surface area contributed by atoms with Gasteiger partial charge in [-0.05, 0) is 44.5 Å². The number of Topliss-reactive ketones (excluding diaryl/α,β-unsaturated/α-hetero) is 1. The molecule has 0 bridgehead atoms. The molecule has 0 fully saturated rings. The fourth-order valence-corrected chi connectivity index (χ4v) is 4.37. The quantitative estimate of drug-likeness (QED) is 0.661. The van der Waals surface area contributed by atoms with E-state index < -0.39 is 23.5 Å². The number of carbonyl (C=O) groups excluding carboxylic acids is 2. The second-order valence-electron chi connectivity index (χ2n) is 6.62. The van der Waals surface area contributed by atoms with Crippen LogP contribution in [-0.4, -0.2) is 21.8 Å². The first kappa shape index (κ1) is 18.2. The van der Waals surface area contributed by atoms with Crippen molar-refractivity contribution in [1.82, 2.24) is 4.98 Å². The molecule has 1 aliphatic heterocycles. The minimum atomic E-state index is -0.849. The SMILES string of the molecule is Cc1nc(C)c(C(=O)C2=C(O)C(=O)N(c3ccccc3C)C2c2ccco2)s1. The summed E-state index contributed by atoms with van der Waals surface area (Å²) >= 11 is 1.25. The number of furan rings is 1. The third kappa shape index (κ3) is 2.75. The minimum absolute atomic E-state index is 0.00922. The molecule has 1 aromatic carbocycles. The number of aliphatic hydroxyl groups excluding tert-OH is 1. The van der Waals surface area contributed by atoms with E-state index >= 15 is 0 Å². The molecule has 0 saturated carbocycles. The fourth-order valence-electron chi connectivity index (χ4n) is 3.50. The van der Waals surface area contributed by atoms with Crippen molar-refractivity contribution in [2.24, 2.45) is 0 Å². The van der Waals surface area contributed by atoms with E-state index in [0.717, 1.165) is 10.6 Å². The van der Waals surface area contributed by atoms with Gasteiger partial charge in [-0.2, -0.15) is 0 Å². The van der Waals surface area contributed by atoms with Crippen LogP contribution in [0.1, 0.15) is 37.7 Å². The summed E-state index contributed by atoms with van der Waals surface area (Å²) in [7, 11) is 0. The maximum Gasteiger partial charge on any atom is 0.294 e. The zero-order valence-electron chi connectivity index (χ0n) is 15.6. The molecule has 1 aliphatic rings. The number of ketones is 1. The second-order valence-corrected chi connectivity index (χ2v) is 7.82. The summed E-state index contributed by atoms with van der Waals surface area (Å²) < 4.78 is 5.55. The Bertz CT molecular complexity index is 1110. The number of aryl methyl sites for hydroxylation is 3. The molecular weight excluding hydrogens is 376 g/mol. The lowest BCUT2D eigenvalue weighted by Crippen LogP contribution is -2.31. The van der Waals surface area contributed by atoms with Crippen molar-refractivity contribution in [2.75, 3.05) is 4.90 Å². The Hall–Kier alpha value is -3.19. The average Bonchev–Trinajstić information content (AvgIpc) is 3.35. The van der Waals surface area contributed by atoms with Crippen molar-refractivity contribution in [3.63, 3.8) is 0 Å². The Kier molecular flexibility index (Phi) is 4.39. The molecule has 2 aromatic heterocycles. The van der Waals surface area contributed by atoms with Gasteiger partial charge in [-0.25, -0.2) is 4.98 Å². The summed E-state index contributed by atoms with van der Waals surface area (Å²) in [6, 6.07) is 9.86. The highest BCUT2D eigenvalue weighted by Crippen LogP contribution is 2.43. The standard InChI is InChI=1S/C21H18N2O4S/c1-11-7-4-5-8-14(11)23-17(15-9-6-10-27-15)16(19(25)21(23)26)18(24)20-12(2)22-13(3)28-20/h4-10,17,25H,1-3H3. The lowest BCUT2D eigenvalue weighted by Gasteiger charge is -2.26. The molecule has 0 aliphatic carbocycles. The predicted molar refractivity (Wildman–Crippen MR) is 106 cm³/mol. The zero-order chi connectivity index (χ0) is 20.0. The number of benzene rings is 1. The van der Waals surface area contributed by atoms with Gasteiger partial charge in [0.25, 0.3) is 5.91 Å². The molecule has 1 unspecified atom stereocenters. The highest BCUT2D eigenvalue weighted by Gasteiger charge is 2.47. The maximum atomic E-state index is 13.3. The first-order valence-electron chi connectivity index (χ1n) is 8.74. The first-order chi connectivity index (χ1) is 13.4. The summed E-state index contributed by atoms with van der Waals surface area (Å²) in [5.74, 6) is -1.19. The topological polar surface area (TPSA) is 83.6 Å². The van der Waals surface area contributed by atoms with Crippen molar-refractivity contribution in [3.05, 3.63) is 80.9 Å². The number of hydrogen-bond donors (Lipinski definition) is 1. The Balaban J connectivity index is 1.89. The van der Waals surface area contributed by atoms with E-state index in [2.05, 4.69) is 4.98 Å². The van der Waals surface area contributed by atoms with E-state index in [0.29, 0.717) is 22.0 Å². The number of aliphatic hydroxyl groups is 1. The lowest BCUT2D eigenvalue weighted by atomic mass is 9.99. The number of anilines is 1. The molecule has 1 amide bonds. The zero-order valence-corrected chi connectivity index (χ0v) is 16.4. The molecule has 1 N–H and O–H groups in total. The van der Waals surface area contributed by atoms with Gasteiger partial charge in [-0.1, -0.05) is 18.2 Å². The van der Waals surface area contributed by atoms with Crippen molar-refractivity contribution in [2.45, 2.75) is 26.8 Å². The van der Waals surface area contributed by atoms with E-state index in [1.165, 1.54) is 22.5 Å². The van der Waals surface area contributed by atoms with Crippen molar-refractivity contribution < 1.29 is 19.1 Å². The molecule has 0 radical (unpaired) electrons. The largest absolute Gasteiger partial charge is 0.503 e. The van der Waals surface area contributed by atoms with E-state index in [1.807, 2.05) is 32.0 Å². The molecule has 7 heteroatoms. The number of nitrogens with zero attached hydrogens (tertiary/aromatic N) is 2. The molecule has 6 nitrogen and oxygen atoms in total. The van der Waals surface area contributed by atoms with Gasteiger partial charge in [0.05, 0.1) is 27.4 Å². The van der Waals surface area contributed by atoms with Gasteiger partial charge in [0, 0.05) is 5.69 Å². The van der Waals surface area contributed by atoms with E-state index in [4.69, 9.17) is 4.42 Å². The molecule has 142 valence electrons. The van der Waals surface area contributed by atoms with Crippen molar-refractivity contribution in [1.29, 1.82) is 0 Å². The highest BCUT2D eigenvalue weighted by atomic mass is 32.1. The fraction of sp³-hybridized carbons (Fsp3) is 0.190. The number of rotatable bonds is 4. The monoisotopic (exact) mass is 394 g/mol. The molecule has 0 saturated heterocycles. The van der Waals surface area contributed by atoms with Crippen LogP contribution in [0.25, 0.3) is 0 Å². The number of amides is 1. The number of hydrogen-bond acceptors (Lipinski definition) is 6. The number of para-hydroxylation sites is 1. The van der Waals surface area contributed by atoms with Crippen molar-refractivity contribution in [3.8, 4) is 0 Å². The number of thiazole rings is 1. The smallest absolute Gasteiger partial charge is 0.294 e. The van der Waals surface area contributed by atoms with Crippen molar-refractivity contribution >= 4 is 28.7 Å². The van der Waals surface area contributed by atoms with Crippen LogP contribution in [0.3, 0.4) is 0 Å². The van der Waals surface area contributed by atoms with Crippen LogP contribution in [0.5, 0.6) is 0 Å². The van der Waals surface area contributed by atoms with E-state index in [1.54, 1.807) is 25.1 Å². The van der Waals surface area contributed by atoms with Gasteiger partial charge in [0.1, 0.15) is 11.8 Å². The Morgan fingerprint density at radius 1 is 1.18 bits per heavy atom. The third-order valence-electron chi connectivity index (χ3n) is 4.75. The summed E-state index contributed by atoms with van der Waals surface area (Å²) in [5.41, 5.74) is 2.04. The van der Waals surface area contributed by atoms with E-state index in [9.17, 15) is 14.7 Å². The maximum absolute atomic E-state index is 13.3. The summed E-state index contributed by atoms with van der Waals surface area (Å²) in [6.45, 7) is 5.42. The van der Waals surface area contributed by atoms with Crippen LogP contribution in [0.4, 0.5) is 5.69 Å². The van der Waals surface area contributed by atoms with Gasteiger partial charge >= 0.3 is 0 Å². The lowest BCUT2D eigenvalue weighted by molar-refractivity contribution is -0.117. The second kappa shape index (κ2) is 6.76. The Labute approximate surface area is 165 Å². The predicted octanol–water partition coefficient (Wildman–Crippen LogP) is 4.44. The molecule has 0 spiro atoms. The average molecular weight is 394 g/mol. The molecule has 28 heavy (non-hydrogen) atoms. The van der Waals surface area contributed by atoms with Crippen LogP contribution in [0.15, 0.2) is 58.4 Å². The van der Waals surface area contributed by atoms with Crippen LogP contribution in [-0.2, 0) is 4.79 Å². The van der Waals surface area contributed by atoms with Crippen LogP contribution < -0.4 is 4.90 Å². The molecular formula is C21H18N2O4S. The Morgan fingerprint density at radius 3 is 2.54 bits per heavy atom. The van der Waals surface area contributed by atoms with Gasteiger partial charge < -0.3 is 9.52 Å². The van der Waals surface area contributed by atoms with Crippen LogP contribution in [0, 0.1) is 20.8 Å². The first-order valence-corrected chi connectivity index (χ1v) is 9.56. The highest BCUT2D eigenvalue weighted by molar-refractivity contribution is 7.14. The third-order valence-corrected chi connectivity index (χ3v) is 5.82. The Morgan fingerprint density at radius 2 is 1.93 bits per heavy atom. The van der Waals surface area contributed by atoms with E-state index in [-0.39, 0.29) is 5.57 Å². The summed E-state index contributed by atoms with van der Waals surface area (Å²) in [4.78, 5) is 32.5.